The summed E-state index contributed by atoms with van der Waals surface area (Å²) >= 11 is 0. The van der Waals surface area contributed by atoms with E-state index < -0.39 is 27.6 Å². The Labute approximate surface area is 170 Å². The summed E-state index contributed by atoms with van der Waals surface area (Å²) in [4.78, 5) is 17.0. The molecule has 1 amide bonds. The fraction of sp³-hybridized carbons (Fsp3) is 0.286. The van der Waals surface area contributed by atoms with E-state index in [1.165, 1.54) is 0 Å². The van der Waals surface area contributed by atoms with Crippen molar-refractivity contribution in [3.05, 3.63) is 58.7 Å². The van der Waals surface area contributed by atoms with Crippen LogP contribution in [0.15, 0.2) is 30.3 Å². The zero-order chi connectivity index (χ0) is 21.6. The minimum absolute atomic E-state index is 0.129. The first kappa shape index (κ1) is 22.7. The number of hydrogen-bond acceptors (Lipinski definition) is 4. The number of hydrogen-bond donors (Lipinski definition) is 3. The molecule has 0 aliphatic carbocycles. The number of rotatable bonds is 6. The van der Waals surface area contributed by atoms with Crippen LogP contribution in [0.2, 0.25) is 0 Å². The van der Waals surface area contributed by atoms with Gasteiger partial charge in [0.15, 0.2) is 11.6 Å². The molecule has 0 saturated heterocycles. The van der Waals surface area contributed by atoms with Gasteiger partial charge < -0.3 is 10.4 Å². The van der Waals surface area contributed by atoms with E-state index in [1.54, 1.807) is 19.1 Å². The molecule has 0 saturated carbocycles. The highest BCUT2D eigenvalue weighted by Crippen LogP contribution is 2.33. The Bertz CT molecular complexity index is 963. The normalized spacial score (nSPS) is 11.4. The van der Waals surface area contributed by atoms with Crippen molar-refractivity contribution in [2.24, 2.45) is 0 Å². The Hall–Kier alpha value is -2.60. The average molecular weight is 422 g/mol. The molecule has 5 nitrogen and oxygen atoms in total. The molecule has 2 aromatic carbocycles. The quantitative estimate of drug-likeness (QED) is 0.377. The van der Waals surface area contributed by atoms with E-state index in [0.29, 0.717) is 5.69 Å². The van der Waals surface area contributed by atoms with Gasteiger partial charge in [0.1, 0.15) is 0 Å². The summed E-state index contributed by atoms with van der Waals surface area (Å²) in [6.07, 6.45) is 6.27. The Morgan fingerprint density at radius 1 is 1.21 bits per heavy atom. The van der Waals surface area contributed by atoms with E-state index in [-0.39, 0.29) is 24.5 Å². The highest BCUT2D eigenvalue weighted by Gasteiger charge is 2.20. The predicted octanol–water partition coefficient (Wildman–Crippen LogP) is 3.67. The molecule has 8 heteroatoms. The summed E-state index contributed by atoms with van der Waals surface area (Å²) < 4.78 is 28.2. The smallest absolute Gasteiger partial charge is 0.277 e. The SMILES string of the molecule is Cc1cc(C#CS(C)(C)C)ccc1Nc1c(C(=O)NOCCO)ccc(F)c1F. The van der Waals surface area contributed by atoms with Gasteiger partial charge in [0.2, 0.25) is 0 Å². The minimum atomic E-state index is -1.18. The lowest BCUT2D eigenvalue weighted by Gasteiger charge is -2.16. The summed E-state index contributed by atoms with van der Waals surface area (Å²) in [5.74, 6) is 0.0788. The maximum Gasteiger partial charge on any atom is 0.277 e. The van der Waals surface area contributed by atoms with Gasteiger partial charge in [-0.05, 0) is 66.8 Å². The lowest BCUT2D eigenvalue weighted by Crippen LogP contribution is -2.26. The molecule has 0 unspecified atom stereocenters. The van der Waals surface area contributed by atoms with Gasteiger partial charge >= 0.3 is 0 Å². The van der Waals surface area contributed by atoms with E-state index in [2.05, 4.69) is 40.7 Å². The first-order valence-corrected chi connectivity index (χ1v) is 11.6. The number of carbonyl (C=O) groups excluding carboxylic acids is 1. The molecule has 29 heavy (non-hydrogen) atoms. The van der Waals surface area contributed by atoms with Crippen LogP contribution in [0.4, 0.5) is 20.2 Å². The molecule has 3 N–H and O–H groups in total. The first-order valence-electron chi connectivity index (χ1n) is 8.72. The summed E-state index contributed by atoms with van der Waals surface area (Å²) in [6.45, 7) is 1.38. The number of aliphatic hydroxyl groups excluding tert-OH is 1. The fourth-order valence-corrected chi connectivity index (χ4v) is 2.73. The Morgan fingerprint density at radius 2 is 1.93 bits per heavy atom. The van der Waals surface area contributed by atoms with Gasteiger partial charge in [-0.3, -0.25) is 9.63 Å². The molecule has 2 rings (SSSR count). The number of hydroxylamine groups is 1. The average Bonchev–Trinajstić information content (AvgIpc) is 2.65. The van der Waals surface area contributed by atoms with Crippen molar-refractivity contribution in [3.63, 3.8) is 0 Å². The van der Waals surface area contributed by atoms with Gasteiger partial charge in [0.25, 0.3) is 5.91 Å². The second-order valence-corrected chi connectivity index (χ2v) is 10.9. The van der Waals surface area contributed by atoms with Crippen LogP contribution in [0.3, 0.4) is 0 Å². The lowest BCUT2D eigenvalue weighted by atomic mass is 10.1. The number of benzene rings is 2. The van der Waals surface area contributed by atoms with Crippen molar-refractivity contribution in [3.8, 4) is 11.2 Å². The second-order valence-electron chi connectivity index (χ2n) is 7.01. The molecule has 0 bridgehead atoms. The van der Waals surface area contributed by atoms with Crippen LogP contribution in [0.25, 0.3) is 0 Å². The molecule has 0 spiro atoms. The number of carbonyl (C=O) groups is 1. The molecule has 0 heterocycles. The van der Waals surface area contributed by atoms with Crippen LogP contribution in [-0.2, 0) is 4.84 Å². The largest absolute Gasteiger partial charge is 0.394 e. The van der Waals surface area contributed by atoms with Crippen molar-refractivity contribution in [1.29, 1.82) is 0 Å². The van der Waals surface area contributed by atoms with Crippen molar-refractivity contribution >= 4 is 27.3 Å². The molecule has 0 radical (unpaired) electrons. The van der Waals surface area contributed by atoms with E-state index in [1.807, 2.05) is 6.07 Å². The van der Waals surface area contributed by atoms with Crippen LogP contribution >= 0.6 is 10.0 Å². The number of aryl methyl sites for hydroxylation is 1. The predicted molar refractivity (Wildman–Crippen MR) is 114 cm³/mol. The molecule has 0 aliphatic heterocycles. The fourth-order valence-electron chi connectivity index (χ4n) is 2.31. The standard InChI is InChI=1S/C21H24F2N2O3S/c1-14-13-15(9-12-29(2,3)4)5-8-18(14)24-20-16(6-7-17(22)19(20)23)21(27)25-28-11-10-26/h5-8,13,24,26H,10-11H2,1-4H3,(H,25,27). The van der Waals surface area contributed by atoms with Crippen molar-refractivity contribution in [2.45, 2.75) is 6.92 Å². The highest BCUT2D eigenvalue weighted by molar-refractivity contribution is 8.35. The van der Waals surface area contributed by atoms with Crippen LogP contribution in [0.5, 0.6) is 0 Å². The van der Waals surface area contributed by atoms with E-state index >= 15 is 0 Å². The molecule has 156 valence electrons. The van der Waals surface area contributed by atoms with Crippen LogP contribution in [-0.4, -0.2) is 43.0 Å². The van der Waals surface area contributed by atoms with Gasteiger partial charge in [-0.1, -0.05) is 5.92 Å². The Balaban J connectivity index is 2.34. The zero-order valence-electron chi connectivity index (χ0n) is 16.7. The summed E-state index contributed by atoms with van der Waals surface area (Å²) in [7, 11) is -0.969. The summed E-state index contributed by atoms with van der Waals surface area (Å²) in [5.41, 5.74) is 3.71. The van der Waals surface area contributed by atoms with Gasteiger partial charge in [0, 0.05) is 11.3 Å². The molecule has 0 atom stereocenters. The summed E-state index contributed by atoms with van der Waals surface area (Å²) in [6, 6.07) is 7.32. The van der Waals surface area contributed by atoms with Crippen molar-refractivity contribution < 1.29 is 23.5 Å². The monoisotopic (exact) mass is 422 g/mol. The number of halogens is 2. The second kappa shape index (κ2) is 9.74. The van der Waals surface area contributed by atoms with Gasteiger partial charge in [0.05, 0.1) is 24.5 Å². The van der Waals surface area contributed by atoms with Gasteiger partial charge in [-0.25, -0.2) is 14.3 Å². The Morgan fingerprint density at radius 3 is 2.55 bits per heavy atom. The molecule has 0 aromatic heterocycles. The maximum absolute atomic E-state index is 14.4. The topological polar surface area (TPSA) is 70.6 Å². The van der Waals surface area contributed by atoms with Gasteiger partial charge in [-0.15, -0.1) is 0 Å². The van der Waals surface area contributed by atoms with Crippen LogP contribution < -0.4 is 10.8 Å². The third-order valence-corrected chi connectivity index (χ3v) is 4.40. The third-order valence-electron chi connectivity index (χ3n) is 3.69. The number of anilines is 2. The lowest BCUT2D eigenvalue weighted by molar-refractivity contribution is 0.0168. The van der Waals surface area contributed by atoms with Crippen LogP contribution in [0.1, 0.15) is 21.5 Å². The molecular formula is C21H24F2N2O3S. The van der Waals surface area contributed by atoms with E-state index in [4.69, 9.17) is 9.94 Å². The van der Waals surface area contributed by atoms with E-state index in [0.717, 1.165) is 23.3 Å². The molecule has 0 fully saturated rings. The maximum atomic E-state index is 14.4. The zero-order valence-corrected chi connectivity index (χ0v) is 17.5. The van der Waals surface area contributed by atoms with Crippen molar-refractivity contribution in [1.82, 2.24) is 5.48 Å². The summed E-state index contributed by atoms with van der Waals surface area (Å²) in [5, 5.41) is 14.7. The number of aliphatic hydroxyl groups is 1. The van der Waals surface area contributed by atoms with Gasteiger partial charge in [-0.2, -0.15) is 10.0 Å². The minimum Gasteiger partial charge on any atom is -0.394 e. The number of nitrogens with one attached hydrogen (secondary N) is 2. The van der Waals surface area contributed by atoms with Crippen molar-refractivity contribution in [2.75, 3.05) is 37.3 Å². The molecule has 0 aliphatic rings. The Kier molecular flexibility index (Phi) is 7.62. The third kappa shape index (κ3) is 6.46. The highest BCUT2D eigenvalue weighted by atomic mass is 32.3. The van der Waals surface area contributed by atoms with E-state index in [9.17, 15) is 13.6 Å². The first-order chi connectivity index (χ1) is 13.6. The molecule has 2 aromatic rings. The van der Waals surface area contributed by atoms with Crippen LogP contribution in [0, 0.1) is 29.7 Å². The molecular weight excluding hydrogens is 398 g/mol. The number of amides is 1.